The normalized spacial score (nSPS) is 11.7. The summed E-state index contributed by atoms with van der Waals surface area (Å²) in [6.45, 7) is 0. The summed E-state index contributed by atoms with van der Waals surface area (Å²) in [7, 11) is -1.90. The number of nitrogens with zero attached hydrogens (tertiary/aromatic N) is 3. The zero-order chi connectivity index (χ0) is 23.5. The minimum Gasteiger partial charge on any atom is -0.496 e. The Hall–Kier alpha value is -3.51. The summed E-state index contributed by atoms with van der Waals surface area (Å²) < 4.78 is 60.5. The quantitative estimate of drug-likeness (QED) is 0.389. The molecule has 0 aliphatic rings. The van der Waals surface area contributed by atoms with Crippen molar-refractivity contribution in [3.05, 3.63) is 65.6 Å². The fourth-order valence-corrected chi connectivity index (χ4v) is 4.30. The molecule has 0 saturated carbocycles. The first-order valence-electron chi connectivity index (χ1n) is 9.04. The number of ether oxygens (including phenoxy) is 1. The van der Waals surface area contributed by atoms with Crippen LogP contribution in [0.5, 0.6) is 5.75 Å². The van der Waals surface area contributed by atoms with E-state index in [9.17, 15) is 22.5 Å². The Kier molecular flexibility index (Phi) is 6.75. The number of hydrogen-bond acceptors (Lipinski definition) is 5. The lowest BCUT2D eigenvalue weighted by molar-refractivity contribution is 0.206. The number of carboxylic acid groups (broad SMARTS) is 1. The molecule has 12 heteroatoms. The number of methoxy groups -OCH3 is 1. The second kappa shape index (κ2) is 9.32. The van der Waals surface area contributed by atoms with Crippen LogP contribution in [0.1, 0.15) is 5.56 Å². The van der Waals surface area contributed by atoms with Gasteiger partial charge < -0.3 is 19.7 Å². The Morgan fingerprint density at radius 1 is 1.19 bits per heavy atom. The lowest BCUT2D eigenvalue weighted by atomic mass is 10.1. The van der Waals surface area contributed by atoms with E-state index in [0.29, 0.717) is 5.56 Å². The van der Waals surface area contributed by atoms with Crippen molar-refractivity contribution in [3.8, 4) is 17.0 Å². The molecule has 0 radical (unpaired) electrons. The van der Waals surface area contributed by atoms with E-state index in [1.807, 2.05) is 0 Å². The minimum atomic E-state index is -3.20. The van der Waals surface area contributed by atoms with E-state index in [0.717, 1.165) is 30.5 Å². The van der Waals surface area contributed by atoms with Crippen molar-refractivity contribution >= 4 is 27.8 Å². The Balaban J connectivity index is 1.94. The molecule has 0 unspecified atom stereocenters. The van der Waals surface area contributed by atoms with Crippen molar-refractivity contribution in [2.24, 2.45) is 4.36 Å². The number of aromatic nitrogens is 2. The van der Waals surface area contributed by atoms with Gasteiger partial charge in [0.1, 0.15) is 23.1 Å². The molecule has 1 aromatic heterocycles. The first-order chi connectivity index (χ1) is 15.1. The number of carbonyl (C=O) groups is 1. The predicted molar refractivity (Wildman–Crippen MR) is 115 cm³/mol. The van der Waals surface area contributed by atoms with Crippen molar-refractivity contribution in [1.82, 2.24) is 9.97 Å². The summed E-state index contributed by atoms with van der Waals surface area (Å²) in [5.41, 5.74) is 0.496. The molecule has 3 aromatic rings. The molecule has 3 rings (SSSR count). The van der Waals surface area contributed by atoms with Crippen LogP contribution in [0.3, 0.4) is 0 Å². The molecular formula is C20H19F3N4O4S. The molecule has 0 bridgehead atoms. The number of benzene rings is 2. The van der Waals surface area contributed by atoms with E-state index in [1.165, 1.54) is 25.5 Å². The van der Waals surface area contributed by atoms with Gasteiger partial charge in [-0.05, 0) is 42.2 Å². The Bertz CT molecular complexity index is 1230. The van der Waals surface area contributed by atoms with Gasteiger partial charge in [-0.3, -0.25) is 0 Å². The molecule has 0 aliphatic carbocycles. The van der Waals surface area contributed by atoms with Crippen LogP contribution >= 0.6 is 0 Å². The van der Waals surface area contributed by atoms with Crippen LogP contribution in [0.25, 0.3) is 11.3 Å². The van der Waals surface area contributed by atoms with Crippen LogP contribution < -0.4 is 10.1 Å². The molecule has 170 valence electrons. The van der Waals surface area contributed by atoms with Gasteiger partial charge in [-0.1, -0.05) is 10.1 Å². The van der Waals surface area contributed by atoms with Gasteiger partial charge in [0, 0.05) is 23.1 Å². The summed E-state index contributed by atoms with van der Waals surface area (Å²) in [5.74, 6) is -2.21. The predicted octanol–water partition coefficient (Wildman–Crippen LogP) is 4.66. The van der Waals surface area contributed by atoms with Gasteiger partial charge in [0.15, 0.2) is 5.82 Å². The zero-order valence-electron chi connectivity index (χ0n) is 16.9. The molecular weight excluding hydrogens is 449 g/mol. The third kappa shape index (κ3) is 5.80. The van der Waals surface area contributed by atoms with Crippen molar-refractivity contribution in [2.45, 2.75) is 5.75 Å². The van der Waals surface area contributed by atoms with Gasteiger partial charge in [-0.2, -0.15) is 4.36 Å². The SMILES string of the molecule is COc1cc(F)ccc1-c1nc(Nc2cc(F)cc(C[SH](C)(O)=NC(=O)O)c2)ncc1F. The van der Waals surface area contributed by atoms with E-state index >= 15 is 0 Å². The number of thiol groups is 1. The third-order valence-corrected chi connectivity index (χ3v) is 5.73. The Morgan fingerprint density at radius 3 is 2.62 bits per heavy atom. The number of nitrogens with one attached hydrogen (secondary N) is 1. The maximum atomic E-state index is 14.4. The average molecular weight is 468 g/mol. The van der Waals surface area contributed by atoms with Crippen molar-refractivity contribution < 1.29 is 32.4 Å². The van der Waals surface area contributed by atoms with Gasteiger partial charge >= 0.3 is 6.09 Å². The molecule has 8 nitrogen and oxygen atoms in total. The zero-order valence-corrected chi connectivity index (χ0v) is 17.8. The molecule has 1 amide bonds. The summed E-state index contributed by atoms with van der Waals surface area (Å²) in [6, 6.07) is 7.23. The molecule has 0 saturated heterocycles. The molecule has 3 N–H and O–H groups in total. The monoisotopic (exact) mass is 468 g/mol. The Labute approximate surface area is 182 Å². The number of amides is 1. The summed E-state index contributed by atoms with van der Waals surface area (Å²) >= 11 is 0. The first-order valence-corrected chi connectivity index (χ1v) is 11.4. The van der Waals surface area contributed by atoms with Gasteiger partial charge in [-0.25, -0.2) is 27.9 Å². The summed E-state index contributed by atoms with van der Waals surface area (Å²) in [4.78, 5) is 18.7. The van der Waals surface area contributed by atoms with Crippen molar-refractivity contribution in [1.29, 1.82) is 0 Å². The molecule has 0 fully saturated rings. The number of hydrogen-bond donors (Lipinski definition) is 4. The summed E-state index contributed by atoms with van der Waals surface area (Å²) in [5, 5.41) is 11.5. The van der Waals surface area contributed by atoms with Crippen LogP contribution in [0.2, 0.25) is 0 Å². The van der Waals surface area contributed by atoms with Crippen molar-refractivity contribution in [2.75, 3.05) is 18.7 Å². The van der Waals surface area contributed by atoms with E-state index in [1.54, 1.807) is 0 Å². The van der Waals surface area contributed by atoms with E-state index < -0.39 is 33.7 Å². The smallest absolute Gasteiger partial charge is 0.437 e. The van der Waals surface area contributed by atoms with Gasteiger partial charge in [0.05, 0.1) is 13.3 Å². The molecule has 2 aromatic carbocycles. The van der Waals surface area contributed by atoms with Crippen LogP contribution in [-0.2, 0) is 15.9 Å². The maximum absolute atomic E-state index is 14.4. The summed E-state index contributed by atoms with van der Waals surface area (Å²) in [6.07, 6.45) is 0.668. The van der Waals surface area contributed by atoms with Crippen LogP contribution in [-0.4, -0.2) is 39.1 Å². The van der Waals surface area contributed by atoms with Gasteiger partial charge in [0.25, 0.3) is 0 Å². The minimum absolute atomic E-state index is 0.0648. The van der Waals surface area contributed by atoms with Crippen LogP contribution in [0, 0.1) is 17.5 Å². The van der Waals surface area contributed by atoms with Crippen LogP contribution in [0.15, 0.2) is 47.0 Å². The highest BCUT2D eigenvalue weighted by atomic mass is 32.3. The van der Waals surface area contributed by atoms with Gasteiger partial charge in [-0.15, -0.1) is 0 Å². The fraction of sp³-hybridized carbons (Fsp3) is 0.150. The lowest BCUT2D eigenvalue weighted by Gasteiger charge is -2.17. The lowest BCUT2D eigenvalue weighted by Crippen LogP contribution is -2.13. The largest absolute Gasteiger partial charge is 0.496 e. The molecule has 1 heterocycles. The number of anilines is 2. The number of rotatable bonds is 6. The average Bonchev–Trinajstić information content (AvgIpc) is 2.67. The molecule has 0 aliphatic heterocycles. The van der Waals surface area contributed by atoms with E-state index in [-0.39, 0.29) is 34.4 Å². The highest BCUT2D eigenvalue weighted by Crippen LogP contribution is 2.32. The first kappa shape index (κ1) is 23.2. The molecule has 0 spiro atoms. The third-order valence-electron chi connectivity index (χ3n) is 4.16. The van der Waals surface area contributed by atoms with Crippen LogP contribution in [0.4, 0.5) is 29.6 Å². The second-order valence-electron chi connectivity index (χ2n) is 6.84. The fourth-order valence-electron chi connectivity index (χ4n) is 2.99. The second-order valence-corrected chi connectivity index (χ2v) is 9.53. The van der Waals surface area contributed by atoms with E-state index in [4.69, 9.17) is 9.84 Å². The van der Waals surface area contributed by atoms with Crippen molar-refractivity contribution in [3.63, 3.8) is 0 Å². The highest BCUT2D eigenvalue weighted by Gasteiger charge is 2.16. The standard InChI is InChI=1S/C20H19F3N4O4S/c1-31-17-8-12(21)3-4-15(17)18-16(23)9-24-19(26-18)25-14-6-11(5-13(22)7-14)10-32(2,30)27-20(28)29/h3-9,32H,10H2,1-2H3,(H,27,30)(H,28,29)(H,24,25,26). The maximum Gasteiger partial charge on any atom is 0.437 e. The molecule has 0 atom stereocenters. The van der Waals surface area contributed by atoms with Gasteiger partial charge in [0.2, 0.25) is 5.95 Å². The number of halogens is 3. The topological polar surface area (TPSA) is 117 Å². The highest BCUT2D eigenvalue weighted by molar-refractivity contribution is 7.98. The van der Waals surface area contributed by atoms with E-state index in [2.05, 4.69) is 19.6 Å². The Morgan fingerprint density at radius 2 is 1.94 bits per heavy atom. The molecule has 32 heavy (non-hydrogen) atoms.